The van der Waals surface area contributed by atoms with Crippen molar-refractivity contribution < 1.29 is 47.6 Å². The van der Waals surface area contributed by atoms with Gasteiger partial charge in [0.25, 0.3) is 11.5 Å². The quantitative estimate of drug-likeness (QED) is 0.131. The number of phenols is 3. The topological polar surface area (TPSA) is 249 Å². The van der Waals surface area contributed by atoms with E-state index in [-0.39, 0.29) is 109 Å². The third-order valence-corrected chi connectivity index (χ3v) is 14.7. The van der Waals surface area contributed by atoms with Gasteiger partial charge in [-0.3, -0.25) is 14.2 Å². The summed E-state index contributed by atoms with van der Waals surface area (Å²) < 4.78 is 43.9. The number of hydrogen-bond donors (Lipinski definition) is 4. The van der Waals surface area contributed by atoms with Crippen LogP contribution in [0.5, 0.6) is 17.2 Å². The molecule has 0 spiro atoms. The number of cyclic esters (lactones) is 1. The number of pyridine rings is 2. The Bertz CT molecular complexity index is 3210. The van der Waals surface area contributed by atoms with Crippen LogP contribution in [0, 0.1) is 0 Å². The van der Waals surface area contributed by atoms with Gasteiger partial charge in [0.05, 0.1) is 39.5 Å². The molecule has 67 heavy (non-hydrogen) atoms. The summed E-state index contributed by atoms with van der Waals surface area (Å²) in [4.78, 5) is 61.2. The Labute approximate surface area is 384 Å². The lowest BCUT2D eigenvalue weighted by Crippen LogP contribution is -2.54. The average Bonchev–Trinajstić information content (AvgIpc) is 3.92. The lowest BCUT2D eigenvalue weighted by atomic mass is 9.85. The fraction of sp³-hybridized carbons (Fsp3) is 0.340. The number of benzene rings is 3. The number of fused-ring (bicyclic) bond motifs is 5. The van der Waals surface area contributed by atoms with Gasteiger partial charge in [-0.2, -0.15) is 4.31 Å². The molecular weight excluding hydrogens is 885 g/mol. The van der Waals surface area contributed by atoms with Gasteiger partial charge in [0.1, 0.15) is 23.9 Å². The molecule has 3 aromatic heterocycles. The number of aromatic hydroxyl groups is 3. The predicted molar refractivity (Wildman–Crippen MR) is 242 cm³/mol. The van der Waals surface area contributed by atoms with Crippen molar-refractivity contribution in [3.8, 4) is 45.7 Å². The van der Waals surface area contributed by atoms with E-state index >= 15 is 0 Å². The number of piperazine rings is 1. The molecule has 6 aromatic rings. The zero-order chi connectivity index (χ0) is 47.7. The molecule has 3 aliphatic rings. The van der Waals surface area contributed by atoms with E-state index in [1.165, 1.54) is 44.1 Å². The van der Waals surface area contributed by atoms with Crippen molar-refractivity contribution in [2.24, 2.45) is 0 Å². The molecule has 0 unspecified atom stereocenters. The molecule has 0 radical (unpaired) electrons. The standard InChI is InChI=1S/C47H48N8O11S/c1-6-29-31-19-27(56)11-14-36(31)49-40-33(29)23-54-37(40)21-35-34(44(54)60)24-65-45(61)47(35,7-2)66-46(62)52-15-17-53(18-16-52)67(63,64)28-12-9-26(10-13-28)55-41(50-51-42(55)43(59)48-8-3)32-20-30(25(4)5)38(57)22-39(32)58/h9-14,19-22,25,56-58H,6-8,15-18,23-24H2,1-5H3,(H,48,59)/t47-/m0/s1. The lowest BCUT2D eigenvalue weighted by Gasteiger charge is -2.39. The van der Waals surface area contributed by atoms with E-state index < -0.39 is 39.2 Å². The lowest BCUT2D eigenvalue weighted by molar-refractivity contribution is -0.173. The first-order valence-corrected chi connectivity index (χ1v) is 23.4. The van der Waals surface area contributed by atoms with Crippen LogP contribution in [0.1, 0.15) is 85.4 Å². The summed E-state index contributed by atoms with van der Waals surface area (Å²) in [6.07, 6.45) is -0.349. The molecule has 6 heterocycles. The van der Waals surface area contributed by atoms with E-state index in [1.807, 2.05) is 20.8 Å². The fourth-order valence-corrected chi connectivity index (χ4v) is 10.7. The number of esters is 1. The van der Waals surface area contributed by atoms with Crippen molar-refractivity contribution >= 4 is 38.9 Å². The van der Waals surface area contributed by atoms with Crippen molar-refractivity contribution in [3.05, 3.63) is 105 Å². The summed E-state index contributed by atoms with van der Waals surface area (Å²) in [5.74, 6) is -1.89. The van der Waals surface area contributed by atoms with E-state index in [2.05, 4.69) is 15.5 Å². The summed E-state index contributed by atoms with van der Waals surface area (Å²) in [7, 11) is -4.13. The number of aromatic nitrogens is 5. The minimum atomic E-state index is -4.13. The van der Waals surface area contributed by atoms with Gasteiger partial charge in [-0.25, -0.2) is 23.0 Å². The molecule has 348 valence electrons. The summed E-state index contributed by atoms with van der Waals surface area (Å²) >= 11 is 0. The van der Waals surface area contributed by atoms with Crippen molar-refractivity contribution in [3.63, 3.8) is 0 Å². The normalized spacial score (nSPS) is 17.0. The Morgan fingerprint density at radius 1 is 0.910 bits per heavy atom. The average molecular weight is 933 g/mol. The number of nitrogens with zero attached hydrogens (tertiary/aromatic N) is 7. The molecule has 3 aliphatic heterocycles. The van der Waals surface area contributed by atoms with Crippen molar-refractivity contribution in [1.29, 1.82) is 0 Å². The maximum atomic E-state index is 14.2. The molecule has 4 N–H and O–H groups in total. The van der Waals surface area contributed by atoms with Crippen LogP contribution in [0.15, 0.2) is 70.4 Å². The largest absolute Gasteiger partial charge is 0.508 e. The second-order valence-corrected chi connectivity index (χ2v) is 18.9. The first kappa shape index (κ1) is 44.9. The minimum absolute atomic E-state index is 0.0637. The van der Waals surface area contributed by atoms with Crippen LogP contribution in [0.3, 0.4) is 0 Å². The molecule has 20 heteroatoms. The molecule has 0 saturated carbocycles. The van der Waals surface area contributed by atoms with Crippen LogP contribution < -0.4 is 10.9 Å². The van der Waals surface area contributed by atoms with E-state index in [0.29, 0.717) is 34.6 Å². The Hall–Kier alpha value is -7.32. The number of sulfonamides is 1. The van der Waals surface area contributed by atoms with E-state index in [4.69, 9.17) is 14.5 Å². The van der Waals surface area contributed by atoms with Gasteiger partial charge in [-0.05, 0) is 91.4 Å². The third kappa shape index (κ3) is 7.30. The van der Waals surface area contributed by atoms with E-state index in [1.54, 1.807) is 48.7 Å². The maximum Gasteiger partial charge on any atom is 0.411 e. The molecule has 19 nitrogen and oxygen atoms in total. The number of aryl methyl sites for hydroxylation is 1. The first-order chi connectivity index (χ1) is 32.0. The number of phenolic OH excluding ortho intramolecular Hbond substituents is 3. The smallest absolute Gasteiger partial charge is 0.411 e. The van der Waals surface area contributed by atoms with E-state index in [0.717, 1.165) is 16.5 Å². The van der Waals surface area contributed by atoms with E-state index in [9.17, 15) is 42.9 Å². The Morgan fingerprint density at radius 3 is 2.31 bits per heavy atom. The van der Waals surface area contributed by atoms with Gasteiger partial charge < -0.3 is 39.6 Å². The number of amides is 2. The van der Waals surface area contributed by atoms with Crippen LogP contribution in [0.4, 0.5) is 4.79 Å². The SMILES string of the molecule is CCNC(=O)c1nnc(-c2cc(C(C)C)c(O)cc2O)n1-c1ccc(S(=O)(=O)N2CCN(C(=O)O[C@]3(CC)C(=O)OCc4c3cc3n(c4=O)Cc4c-3nc3ccc(O)cc3c4CC)CC2)cc1. The second kappa shape index (κ2) is 16.8. The predicted octanol–water partition coefficient (Wildman–Crippen LogP) is 5.03. The highest BCUT2D eigenvalue weighted by atomic mass is 32.2. The molecule has 0 aliphatic carbocycles. The molecule has 1 fully saturated rings. The van der Waals surface area contributed by atoms with Crippen LogP contribution in [-0.2, 0) is 49.5 Å². The molecule has 1 atom stereocenters. The third-order valence-electron chi connectivity index (χ3n) is 12.8. The number of ether oxygens (including phenoxy) is 2. The van der Waals surface area contributed by atoms with Gasteiger partial charge in [-0.1, -0.05) is 27.7 Å². The number of nitrogens with one attached hydrogen (secondary N) is 1. The summed E-state index contributed by atoms with van der Waals surface area (Å²) in [6, 6.07) is 15.0. The second-order valence-electron chi connectivity index (χ2n) is 16.9. The van der Waals surface area contributed by atoms with Crippen LogP contribution in [0.2, 0.25) is 0 Å². The van der Waals surface area contributed by atoms with Crippen LogP contribution >= 0.6 is 0 Å². The molecule has 9 rings (SSSR count). The molecule has 0 bridgehead atoms. The number of carbonyl (C=O) groups is 3. The first-order valence-electron chi connectivity index (χ1n) is 22.0. The summed E-state index contributed by atoms with van der Waals surface area (Å²) in [5, 5.41) is 43.4. The van der Waals surface area contributed by atoms with Crippen LogP contribution in [-0.4, -0.2) is 108 Å². The van der Waals surface area contributed by atoms with Gasteiger partial charge in [-0.15, -0.1) is 10.2 Å². The molecule has 3 aromatic carbocycles. The van der Waals surface area contributed by atoms with Crippen LogP contribution in [0.25, 0.3) is 39.4 Å². The highest BCUT2D eigenvalue weighted by molar-refractivity contribution is 7.89. The summed E-state index contributed by atoms with van der Waals surface area (Å²) in [6.45, 7) is 8.89. The molecular formula is C47H48N8O11S. The van der Waals surface area contributed by atoms with Crippen molar-refractivity contribution in [2.75, 3.05) is 32.7 Å². The summed E-state index contributed by atoms with van der Waals surface area (Å²) in [5.41, 5.74) is 2.40. The van der Waals surface area contributed by atoms with Gasteiger partial charge in [0.15, 0.2) is 5.82 Å². The minimum Gasteiger partial charge on any atom is -0.508 e. The zero-order valence-electron chi connectivity index (χ0n) is 37.4. The fourth-order valence-electron chi connectivity index (χ4n) is 9.28. The zero-order valence-corrected chi connectivity index (χ0v) is 38.2. The van der Waals surface area contributed by atoms with Crippen molar-refractivity contribution in [2.45, 2.75) is 77.0 Å². The molecule has 2 amide bonds. The number of carbonyl (C=O) groups excluding carboxylic acids is 3. The Balaban J connectivity index is 0.955. The molecule has 1 saturated heterocycles. The van der Waals surface area contributed by atoms with Gasteiger partial charge in [0, 0.05) is 61.0 Å². The number of hydrogen-bond acceptors (Lipinski definition) is 14. The van der Waals surface area contributed by atoms with Crippen molar-refractivity contribution in [1.82, 2.24) is 38.8 Å². The highest BCUT2D eigenvalue weighted by Gasteiger charge is 2.51. The highest BCUT2D eigenvalue weighted by Crippen LogP contribution is 2.43. The van der Waals surface area contributed by atoms with Gasteiger partial charge in [0.2, 0.25) is 21.4 Å². The Kier molecular flexibility index (Phi) is 11.3. The van der Waals surface area contributed by atoms with Gasteiger partial charge >= 0.3 is 12.1 Å². The monoisotopic (exact) mass is 932 g/mol. The Morgan fingerprint density at radius 2 is 1.64 bits per heavy atom. The number of rotatable bonds is 10. The maximum absolute atomic E-state index is 14.2.